The topological polar surface area (TPSA) is 52.9 Å². The highest BCUT2D eigenvalue weighted by Crippen LogP contribution is 2.25. The molecule has 20 heavy (non-hydrogen) atoms. The Hall–Kier alpha value is -1.12. The van der Waals surface area contributed by atoms with Crippen LogP contribution in [0.4, 0.5) is 0 Å². The van der Waals surface area contributed by atoms with Gasteiger partial charge in [-0.15, -0.1) is 11.3 Å². The van der Waals surface area contributed by atoms with E-state index in [9.17, 15) is 10.1 Å². The summed E-state index contributed by atoms with van der Waals surface area (Å²) in [6.45, 7) is 2.16. The predicted octanol–water partition coefficient (Wildman–Crippen LogP) is 4.11. The molecule has 0 aliphatic heterocycles. The van der Waals surface area contributed by atoms with Gasteiger partial charge in [-0.25, -0.2) is 0 Å². The van der Waals surface area contributed by atoms with Crippen LogP contribution in [-0.4, -0.2) is 11.9 Å². The molecular weight excluding hydrogens is 336 g/mol. The van der Waals surface area contributed by atoms with Gasteiger partial charge in [-0.3, -0.25) is 4.79 Å². The zero-order valence-corrected chi connectivity index (χ0v) is 13.8. The summed E-state index contributed by atoms with van der Waals surface area (Å²) in [6, 6.07) is 6.00. The molecule has 3 nitrogen and oxygen atoms in total. The van der Waals surface area contributed by atoms with Crippen molar-refractivity contribution < 1.29 is 4.79 Å². The predicted molar refractivity (Wildman–Crippen MR) is 85.2 cm³/mol. The number of hydrogen-bond acceptors (Lipinski definition) is 3. The number of hydrogen-bond donors (Lipinski definition) is 1. The van der Waals surface area contributed by atoms with Crippen LogP contribution in [0.15, 0.2) is 21.5 Å². The molecule has 0 unspecified atom stereocenters. The number of nitriles is 1. The van der Waals surface area contributed by atoms with E-state index in [4.69, 9.17) is 0 Å². The van der Waals surface area contributed by atoms with Crippen LogP contribution in [0, 0.1) is 17.2 Å². The lowest BCUT2D eigenvalue weighted by Gasteiger charge is -2.29. The monoisotopic (exact) mass is 352 g/mol. The average molecular weight is 353 g/mol. The normalized spacial score (nSPS) is 23.1. The maximum Gasteiger partial charge on any atom is 0.262 e. The van der Waals surface area contributed by atoms with E-state index in [1.807, 2.05) is 18.2 Å². The van der Waals surface area contributed by atoms with Gasteiger partial charge in [-0.05, 0) is 52.9 Å². The summed E-state index contributed by atoms with van der Waals surface area (Å²) in [5.74, 6) is 0.235. The number of amides is 1. The molecule has 0 bridgehead atoms. The highest BCUT2D eigenvalue weighted by Gasteiger charge is 2.24. The molecule has 1 fully saturated rings. The zero-order chi connectivity index (χ0) is 14.5. The molecule has 0 aromatic carbocycles. The molecule has 0 saturated heterocycles. The lowest BCUT2D eigenvalue weighted by atomic mass is 9.86. The number of nitrogens with one attached hydrogen (secondary N) is 1. The number of rotatable bonds is 3. The number of thiophene rings is 1. The van der Waals surface area contributed by atoms with Gasteiger partial charge in [0.25, 0.3) is 5.91 Å². The second-order valence-electron chi connectivity index (χ2n) is 5.15. The fourth-order valence-electron chi connectivity index (χ4n) is 2.47. The first-order chi connectivity index (χ1) is 9.60. The molecule has 2 atom stereocenters. The summed E-state index contributed by atoms with van der Waals surface area (Å²) >= 11 is 4.88. The highest BCUT2D eigenvalue weighted by molar-refractivity contribution is 9.11. The molecular formula is C15H17BrN2OS. The fourth-order valence-corrected chi connectivity index (χ4v) is 3.84. The van der Waals surface area contributed by atoms with Crippen molar-refractivity contribution >= 4 is 39.2 Å². The van der Waals surface area contributed by atoms with Gasteiger partial charge in [0.15, 0.2) is 0 Å². The molecule has 1 aromatic rings. The Morgan fingerprint density at radius 3 is 2.85 bits per heavy atom. The van der Waals surface area contributed by atoms with E-state index in [1.165, 1.54) is 17.8 Å². The molecule has 2 rings (SSSR count). The lowest BCUT2D eigenvalue weighted by molar-refractivity contribution is -0.118. The van der Waals surface area contributed by atoms with Crippen molar-refractivity contribution in [3.05, 3.63) is 26.4 Å². The zero-order valence-electron chi connectivity index (χ0n) is 11.4. The van der Waals surface area contributed by atoms with E-state index in [2.05, 4.69) is 28.2 Å². The van der Waals surface area contributed by atoms with Crippen molar-refractivity contribution in [2.24, 2.45) is 5.92 Å². The van der Waals surface area contributed by atoms with Crippen LogP contribution in [-0.2, 0) is 4.79 Å². The van der Waals surface area contributed by atoms with Crippen LogP contribution < -0.4 is 5.32 Å². The highest BCUT2D eigenvalue weighted by atomic mass is 79.9. The molecule has 0 radical (unpaired) electrons. The summed E-state index contributed by atoms with van der Waals surface area (Å²) in [5, 5.41) is 12.2. The van der Waals surface area contributed by atoms with Crippen molar-refractivity contribution in [2.45, 2.75) is 38.6 Å². The summed E-state index contributed by atoms with van der Waals surface area (Å²) in [5.41, 5.74) is 0.178. The van der Waals surface area contributed by atoms with Gasteiger partial charge in [-0.2, -0.15) is 5.26 Å². The van der Waals surface area contributed by atoms with E-state index in [-0.39, 0.29) is 17.5 Å². The van der Waals surface area contributed by atoms with Crippen LogP contribution >= 0.6 is 27.3 Å². The lowest BCUT2D eigenvalue weighted by Crippen LogP contribution is -2.41. The molecule has 1 N–H and O–H groups in total. The Balaban J connectivity index is 2.06. The third-order valence-corrected chi connectivity index (χ3v) is 5.24. The Bertz CT molecular complexity index is 558. The minimum absolute atomic E-state index is 0.178. The molecule has 0 spiro atoms. The smallest absolute Gasteiger partial charge is 0.262 e. The van der Waals surface area contributed by atoms with Gasteiger partial charge in [-0.1, -0.05) is 19.8 Å². The van der Waals surface area contributed by atoms with Crippen LogP contribution in [0.1, 0.15) is 37.5 Å². The average Bonchev–Trinajstić information content (AvgIpc) is 2.84. The minimum atomic E-state index is -0.254. The molecule has 1 amide bonds. The van der Waals surface area contributed by atoms with E-state index in [1.54, 1.807) is 6.08 Å². The number of nitrogens with zero attached hydrogens (tertiary/aromatic N) is 1. The minimum Gasteiger partial charge on any atom is -0.348 e. The molecule has 1 heterocycles. The Morgan fingerprint density at radius 2 is 2.25 bits per heavy atom. The SMILES string of the molecule is C[C@H]1CCCC[C@H]1NC(=O)/C(C#N)=C/c1ccc(Br)s1. The van der Waals surface area contributed by atoms with Crippen LogP contribution in [0.3, 0.4) is 0 Å². The third kappa shape index (κ3) is 3.94. The van der Waals surface area contributed by atoms with E-state index in [0.717, 1.165) is 27.9 Å². The maximum absolute atomic E-state index is 12.2. The molecule has 1 aliphatic carbocycles. The number of halogens is 1. The van der Waals surface area contributed by atoms with Crippen molar-refractivity contribution in [3.63, 3.8) is 0 Å². The first kappa shape index (κ1) is 15.3. The summed E-state index contributed by atoms with van der Waals surface area (Å²) in [6.07, 6.45) is 6.19. The van der Waals surface area contributed by atoms with Crippen LogP contribution in [0.2, 0.25) is 0 Å². The largest absolute Gasteiger partial charge is 0.348 e. The van der Waals surface area contributed by atoms with E-state index < -0.39 is 0 Å². The maximum atomic E-state index is 12.2. The van der Waals surface area contributed by atoms with Crippen LogP contribution in [0.5, 0.6) is 0 Å². The number of carbonyl (C=O) groups is 1. The van der Waals surface area contributed by atoms with Gasteiger partial charge in [0.05, 0.1) is 3.79 Å². The standard InChI is InChI=1S/C15H17BrN2OS/c1-10-4-2-3-5-13(10)18-15(19)11(9-17)8-12-6-7-14(16)20-12/h6-8,10,13H,2-5H2,1H3,(H,18,19)/b11-8+/t10-,13+/m0/s1. The summed E-state index contributed by atoms with van der Waals surface area (Å²) in [4.78, 5) is 13.1. The Kier molecular flexibility index (Phi) is 5.38. The third-order valence-electron chi connectivity index (χ3n) is 3.67. The second kappa shape index (κ2) is 7.05. The fraction of sp³-hybridized carbons (Fsp3) is 0.467. The second-order valence-corrected chi connectivity index (χ2v) is 7.65. The number of carbonyl (C=O) groups excluding carboxylic acids is 1. The first-order valence-corrected chi connectivity index (χ1v) is 8.39. The Labute approximate surface area is 131 Å². The van der Waals surface area contributed by atoms with Crippen molar-refractivity contribution in [1.29, 1.82) is 5.26 Å². The van der Waals surface area contributed by atoms with Crippen molar-refractivity contribution in [3.8, 4) is 6.07 Å². The summed E-state index contributed by atoms with van der Waals surface area (Å²) < 4.78 is 0.988. The van der Waals surface area contributed by atoms with Crippen LogP contribution in [0.25, 0.3) is 6.08 Å². The summed E-state index contributed by atoms with van der Waals surface area (Å²) in [7, 11) is 0. The molecule has 1 aliphatic rings. The van der Waals surface area contributed by atoms with Gasteiger partial charge >= 0.3 is 0 Å². The van der Waals surface area contributed by atoms with E-state index in [0.29, 0.717) is 5.92 Å². The molecule has 5 heteroatoms. The first-order valence-electron chi connectivity index (χ1n) is 6.78. The quantitative estimate of drug-likeness (QED) is 0.657. The molecule has 1 saturated carbocycles. The Morgan fingerprint density at radius 1 is 1.50 bits per heavy atom. The molecule has 106 valence electrons. The van der Waals surface area contributed by atoms with Gasteiger partial charge in [0, 0.05) is 10.9 Å². The van der Waals surface area contributed by atoms with E-state index >= 15 is 0 Å². The van der Waals surface area contributed by atoms with Crippen molar-refractivity contribution in [1.82, 2.24) is 5.32 Å². The van der Waals surface area contributed by atoms with Gasteiger partial charge < -0.3 is 5.32 Å². The molecule has 1 aromatic heterocycles. The van der Waals surface area contributed by atoms with Crippen molar-refractivity contribution in [2.75, 3.05) is 0 Å². The van der Waals surface area contributed by atoms with Gasteiger partial charge in [0.2, 0.25) is 0 Å². The van der Waals surface area contributed by atoms with Gasteiger partial charge in [0.1, 0.15) is 11.6 Å².